The molecule has 2 aliphatic rings. The Balaban J connectivity index is 1.59. The van der Waals surface area contributed by atoms with Crippen molar-refractivity contribution in [2.75, 3.05) is 13.1 Å². The van der Waals surface area contributed by atoms with E-state index in [-0.39, 0.29) is 12.8 Å². The molecule has 1 aromatic heterocycles. The standard InChI is InChI=1S/C15H20F2N2O2S/c16-15(17)4-6-19(5-3-11(15)7-13(20)21)9-12-8-18-14(22-12)10-1-2-10/h8,10-11H,1-7,9H2,(H,20,21). The summed E-state index contributed by atoms with van der Waals surface area (Å²) >= 11 is 1.68. The normalized spacial score (nSPS) is 25.8. The quantitative estimate of drug-likeness (QED) is 0.899. The van der Waals surface area contributed by atoms with Gasteiger partial charge in [0.25, 0.3) is 5.92 Å². The Bertz CT molecular complexity index is 545. The third-order valence-corrected chi connectivity index (χ3v) is 5.60. The predicted octanol–water partition coefficient (Wildman–Crippen LogP) is 3.34. The molecule has 0 aromatic carbocycles. The molecule has 22 heavy (non-hydrogen) atoms. The maximum atomic E-state index is 14.0. The van der Waals surface area contributed by atoms with Gasteiger partial charge in [0, 0.05) is 42.4 Å². The van der Waals surface area contributed by atoms with Crippen molar-refractivity contribution in [3.8, 4) is 0 Å². The first-order chi connectivity index (χ1) is 10.4. The van der Waals surface area contributed by atoms with Crippen molar-refractivity contribution < 1.29 is 18.7 Å². The van der Waals surface area contributed by atoms with Gasteiger partial charge in [0.05, 0.1) is 11.4 Å². The highest BCUT2D eigenvalue weighted by Gasteiger charge is 2.42. The van der Waals surface area contributed by atoms with Gasteiger partial charge < -0.3 is 5.11 Å². The minimum atomic E-state index is -2.89. The maximum Gasteiger partial charge on any atom is 0.303 e. The Kier molecular flexibility index (Phi) is 4.45. The summed E-state index contributed by atoms with van der Waals surface area (Å²) in [5.41, 5.74) is 0. The zero-order valence-corrected chi connectivity index (χ0v) is 13.1. The number of alkyl halides is 2. The number of carboxylic acid groups (broad SMARTS) is 1. The molecule has 7 heteroatoms. The molecule has 1 aromatic rings. The van der Waals surface area contributed by atoms with Gasteiger partial charge >= 0.3 is 5.97 Å². The maximum absolute atomic E-state index is 14.0. The van der Waals surface area contributed by atoms with Crippen LogP contribution in [0.4, 0.5) is 8.78 Å². The molecule has 0 amide bonds. The number of hydrogen-bond acceptors (Lipinski definition) is 4. The second-order valence-electron chi connectivity index (χ2n) is 6.31. The van der Waals surface area contributed by atoms with Crippen molar-refractivity contribution in [1.82, 2.24) is 9.88 Å². The fraction of sp³-hybridized carbons (Fsp3) is 0.733. The molecule has 1 atom stereocenters. The van der Waals surface area contributed by atoms with Crippen LogP contribution in [0.15, 0.2) is 6.20 Å². The first kappa shape index (κ1) is 15.8. The molecule has 122 valence electrons. The molecule has 4 nitrogen and oxygen atoms in total. The highest BCUT2D eigenvalue weighted by atomic mass is 32.1. The van der Waals surface area contributed by atoms with Crippen LogP contribution in [0.5, 0.6) is 0 Å². The van der Waals surface area contributed by atoms with Crippen molar-refractivity contribution in [2.45, 2.75) is 50.5 Å². The van der Waals surface area contributed by atoms with E-state index in [2.05, 4.69) is 4.98 Å². The van der Waals surface area contributed by atoms with E-state index in [4.69, 9.17) is 5.11 Å². The minimum absolute atomic E-state index is 0.230. The first-order valence-electron chi connectivity index (χ1n) is 7.70. The number of aromatic nitrogens is 1. The van der Waals surface area contributed by atoms with E-state index in [1.807, 2.05) is 11.1 Å². The fourth-order valence-electron chi connectivity index (χ4n) is 2.93. The summed E-state index contributed by atoms with van der Waals surface area (Å²) in [4.78, 5) is 18.3. The van der Waals surface area contributed by atoms with Gasteiger partial charge in [-0.05, 0) is 25.8 Å². The second-order valence-corrected chi connectivity index (χ2v) is 7.46. The number of halogens is 2. The lowest BCUT2D eigenvalue weighted by Crippen LogP contribution is -2.30. The molecule has 1 unspecified atom stereocenters. The molecule has 2 fully saturated rings. The van der Waals surface area contributed by atoms with Gasteiger partial charge in [-0.25, -0.2) is 13.8 Å². The van der Waals surface area contributed by atoms with Gasteiger partial charge in [0.2, 0.25) is 0 Å². The van der Waals surface area contributed by atoms with E-state index in [9.17, 15) is 13.6 Å². The second kappa shape index (κ2) is 6.20. The number of thiazole rings is 1. The van der Waals surface area contributed by atoms with Crippen LogP contribution in [0.25, 0.3) is 0 Å². The minimum Gasteiger partial charge on any atom is -0.481 e. The zero-order valence-electron chi connectivity index (χ0n) is 12.3. The van der Waals surface area contributed by atoms with Crippen molar-refractivity contribution in [3.05, 3.63) is 16.1 Å². The van der Waals surface area contributed by atoms with Gasteiger partial charge in [-0.15, -0.1) is 11.3 Å². The lowest BCUT2D eigenvalue weighted by molar-refractivity contribution is -0.143. The Labute approximate surface area is 132 Å². The smallest absolute Gasteiger partial charge is 0.303 e. The molecule has 1 saturated heterocycles. The van der Waals surface area contributed by atoms with Crippen LogP contribution in [0.2, 0.25) is 0 Å². The van der Waals surface area contributed by atoms with E-state index < -0.39 is 24.2 Å². The number of hydrogen-bond donors (Lipinski definition) is 1. The van der Waals surface area contributed by atoms with Crippen LogP contribution >= 0.6 is 11.3 Å². The van der Waals surface area contributed by atoms with E-state index in [0.29, 0.717) is 25.6 Å². The van der Waals surface area contributed by atoms with E-state index >= 15 is 0 Å². The number of aliphatic carboxylic acids is 1. The topological polar surface area (TPSA) is 53.4 Å². The Morgan fingerprint density at radius 3 is 2.86 bits per heavy atom. The average Bonchev–Trinajstić information content (AvgIpc) is 3.21. The van der Waals surface area contributed by atoms with Crippen LogP contribution < -0.4 is 0 Å². The summed E-state index contributed by atoms with van der Waals surface area (Å²) in [7, 11) is 0. The molecule has 1 saturated carbocycles. The fourth-order valence-corrected chi connectivity index (χ4v) is 4.06. The summed E-state index contributed by atoms with van der Waals surface area (Å²) in [6.45, 7) is 1.46. The van der Waals surface area contributed by atoms with Crippen LogP contribution in [-0.2, 0) is 11.3 Å². The molecule has 0 spiro atoms. The summed E-state index contributed by atoms with van der Waals surface area (Å²) in [6, 6.07) is 0. The van der Waals surface area contributed by atoms with Crippen molar-refractivity contribution in [3.63, 3.8) is 0 Å². The first-order valence-corrected chi connectivity index (χ1v) is 8.52. The highest BCUT2D eigenvalue weighted by molar-refractivity contribution is 7.11. The molecular formula is C15H20F2N2O2S. The van der Waals surface area contributed by atoms with Crippen LogP contribution in [0.1, 0.15) is 47.9 Å². The monoisotopic (exact) mass is 330 g/mol. The number of likely N-dealkylation sites (tertiary alicyclic amines) is 1. The third kappa shape index (κ3) is 3.81. The Morgan fingerprint density at radius 2 is 2.18 bits per heavy atom. The number of carbonyl (C=O) groups is 1. The van der Waals surface area contributed by atoms with Crippen molar-refractivity contribution >= 4 is 17.3 Å². The summed E-state index contributed by atoms with van der Waals surface area (Å²) < 4.78 is 28.0. The molecule has 1 N–H and O–H groups in total. The van der Waals surface area contributed by atoms with Gasteiger partial charge in [0.1, 0.15) is 0 Å². The summed E-state index contributed by atoms with van der Waals surface area (Å²) in [6.07, 6.45) is 3.79. The van der Waals surface area contributed by atoms with E-state index in [1.54, 1.807) is 11.3 Å². The van der Waals surface area contributed by atoms with Crippen LogP contribution in [0.3, 0.4) is 0 Å². The number of carboxylic acids is 1. The predicted molar refractivity (Wildman–Crippen MR) is 79.3 cm³/mol. The molecular weight excluding hydrogens is 310 g/mol. The van der Waals surface area contributed by atoms with Crippen molar-refractivity contribution in [2.24, 2.45) is 5.92 Å². The van der Waals surface area contributed by atoms with Crippen LogP contribution in [0, 0.1) is 5.92 Å². The molecule has 2 heterocycles. The number of nitrogens with zero attached hydrogens (tertiary/aromatic N) is 2. The molecule has 1 aliphatic carbocycles. The largest absolute Gasteiger partial charge is 0.481 e. The number of rotatable bonds is 5. The third-order valence-electron chi connectivity index (χ3n) is 4.45. The summed E-state index contributed by atoms with van der Waals surface area (Å²) in [5, 5.41) is 9.96. The molecule has 1 aliphatic heterocycles. The Morgan fingerprint density at radius 1 is 1.41 bits per heavy atom. The molecule has 0 radical (unpaired) electrons. The Hall–Kier alpha value is -1.08. The molecule has 3 rings (SSSR count). The van der Waals surface area contributed by atoms with Crippen LogP contribution in [-0.4, -0.2) is 40.0 Å². The van der Waals surface area contributed by atoms with E-state index in [0.717, 1.165) is 4.88 Å². The lowest BCUT2D eigenvalue weighted by Gasteiger charge is -2.22. The zero-order chi connectivity index (χ0) is 15.7. The highest BCUT2D eigenvalue weighted by Crippen LogP contribution is 2.42. The van der Waals surface area contributed by atoms with Gasteiger partial charge in [-0.2, -0.15) is 0 Å². The summed E-state index contributed by atoms with van der Waals surface area (Å²) in [5.74, 6) is -4.47. The average molecular weight is 330 g/mol. The van der Waals surface area contributed by atoms with Gasteiger partial charge in [-0.1, -0.05) is 0 Å². The van der Waals surface area contributed by atoms with Gasteiger partial charge in [0.15, 0.2) is 0 Å². The lowest BCUT2D eigenvalue weighted by atomic mass is 9.93. The van der Waals surface area contributed by atoms with E-state index in [1.165, 1.54) is 17.8 Å². The SMILES string of the molecule is O=C(O)CC1CCN(Cc2cnc(C3CC3)s2)CCC1(F)F. The van der Waals surface area contributed by atoms with Crippen molar-refractivity contribution in [1.29, 1.82) is 0 Å². The van der Waals surface area contributed by atoms with Gasteiger partial charge in [-0.3, -0.25) is 9.69 Å². The molecule has 0 bridgehead atoms.